The second kappa shape index (κ2) is 5.96. The Hall–Kier alpha value is -2.02. The van der Waals surface area contributed by atoms with Crippen molar-refractivity contribution in [1.82, 2.24) is 9.55 Å². The third-order valence-corrected chi connectivity index (χ3v) is 2.73. The fourth-order valence-electron chi connectivity index (χ4n) is 1.76. The molecule has 2 aromatic rings. The van der Waals surface area contributed by atoms with Crippen molar-refractivity contribution < 1.29 is 17.9 Å². The maximum Gasteiger partial charge on any atom is 0.418 e. The van der Waals surface area contributed by atoms with Gasteiger partial charge in [-0.1, -0.05) is 12.1 Å². The van der Waals surface area contributed by atoms with Gasteiger partial charge in [0.1, 0.15) is 0 Å². The number of imidazole rings is 1. The monoisotopic (exact) mass is 285 g/mol. The third-order valence-electron chi connectivity index (χ3n) is 2.73. The second-order valence-electron chi connectivity index (χ2n) is 4.11. The van der Waals surface area contributed by atoms with E-state index in [-0.39, 0.29) is 5.69 Å². The molecule has 0 radical (unpaired) electrons. The maximum absolute atomic E-state index is 12.9. The van der Waals surface area contributed by atoms with Gasteiger partial charge in [0.15, 0.2) is 0 Å². The molecule has 0 spiro atoms. The van der Waals surface area contributed by atoms with Crippen molar-refractivity contribution in [3.05, 3.63) is 42.2 Å². The average molecular weight is 285 g/mol. The molecule has 0 amide bonds. The number of nitrogens with one attached hydrogen (secondary N) is 1. The number of rotatable bonds is 5. The lowest BCUT2D eigenvalue weighted by Crippen LogP contribution is -2.11. The van der Waals surface area contributed by atoms with Crippen molar-refractivity contribution in [2.24, 2.45) is 0 Å². The first-order valence-corrected chi connectivity index (χ1v) is 5.95. The largest absolute Gasteiger partial charge is 0.418 e. The molecule has 1 heterocycles. The molecule has 0 fully saturated rings. The van der Waals surface area contributed by atoms with E-state index in [1.54, 1.807) is 23.9 Å². The van der Waals surface area contributed by atoms with Crippen molar-refractivity contribution in [1.29, 1.82) is 0 Å². The Balaban J connectivity index is 2.25. The molecule has 7 heteroatoms. The molecule has 108 valence electrons. The van der Waals surface area contributed by atoms with Crippen LogP contribution < -0.4 is 5.32 Å². The summed E-state index contributed by atoms with van der Waals surface area (Å²) in [5.41, 5.74) is -0.744. The van der Waals surface area contributed by atoms with Crippen LogP contribution in [0.25, 0.3) is 0 Å². The summed E-state index contributed by atoms with van der Waals surface area (Å²) in [6, 6.07) is 5.30. The zero-order valence-corrected chi connectivity index (χ0v) is 10.8. The van der Waals surface area contributed by atoms with E-state index >= 15 is 0 Å². The Morgan fingerprint density at radius 2 is 2.05 bits per heavy atom. The Labute approximate surface area is 114 Å². The van der Waals surface area contributed by atoms with Crippen molar-refractivity contribution in [3.8, 4) is 0 Å². The molecule has 0 aliphatic heterocycles. The summed E-state index contributed by atoms with van der Waals surface area (Å²) < 4.78 is 45.3. The van der Waals surface area contributed by atoms with Gasteiger partial charge in [-0.05, 0) is 12.1 Å². The summed E-state index contributed by atoms with van der Waals surface area (Å²) in [7, 11) is 1.56. The van der Waals surface area contributed by atoms with E-state index in [1.165, 1.54) is 18.3 Å². The van der Waals surface area contributed by atoms with Crippen LogP contribution >= 0.6 is 0 Å². The minimum Gasteiger partial charge on any atom is -0.383 e. The molecule has 0 bridgehead atoms. The van der Waals surface area contributed by atoms with Gasteiger partial charge in [0.25, 0.3) is 0 Å². The van der Waals surface area contributed by atoms with Gasteiger partial charge in [-0.3, -0.25) is 0 Å². The van der Waals surface area contributed by atoms with Crippen LogP contribution in [0.2, 0.25) is 0 Å². The highest BCUT2D eigenvalue weighted by molar-refractivity contribution is 5.59. The number of halogens is 3. The first-order chi connectivity index (χ1) is 9.52. The van der Waals surface area contributed by atoms with Crippen molar-refractivity contribution in [3.63, 3.8) is 0 Å². The van der Waals surface area contributed by atoms with Gasteiger partial charge in [0.05, 0.1) is 17.9 Å². The summed E-state index contributed by atoms with van der Waals surface area (Å²) in [4.78, 5) is 4.02. The fourth-order valence-corrected chi connectivity index (χ4v) is 1.76. The van der Waals surface area contributed by atoms with Gasteiger partial charge < -0.3 is 14.6 Å². The van der Waals surface area contributed by atoms with E-state index in [0.29, 0.717) is 19.1 Å². The van der Waals surface area contributed by atoms with Gasteiger partial charge in [0, 0.05) is 26.0 Å². The van der Waals surface area contributed by atoms with Gasteiger partial charge >= 0.3 is 6.18 Å². The van der Waals surface area contributed by atoms with E-state index in [9.17, 15) is 13.2 Å². The van der Waals surface area contributed by atoms with Crippen molar-refractivity contribution in [2.45, 2.75) is 12.7 Å². The van der Waals surface area contributed by atoms with Gasteiger partial charge in [-0.2, -0.15) is 13.2 Å². The molecular weight excluding hydrogens is 271 g/mol. The molecule has 0 atom stereocenters. The van der Waals surface area contributed by atoms with Crippen LogP contribution in [0.5, 0.6) is 0 Å². The number of anilines is 2. The smallest absolute Gasteiger partial charge is 0.383 e. The topological polar surface area (TPSA) is 39.1 Å². The van der Waals surface area contributed by atoms with E-state index in [0.717, 1.165) is 6.07 Å². The van der Waals surface area contributed by atoms with Gasteiger partial charge in [0.2, 0.25) is 5.95 Å². The molecule has 1 N–H and O–H groups in total. The van der Waals surface area contributed by atoms with Crippen LogP contribution in [0.1, 0.15) is 5.56 Å². The average Bonchev–Trinajstić information content (AvgIpc) is 2.83. The lowest BCUT2D eigenvalue weighted by Gasteiger charge is -2.14. The Kier molecular flexibility index (Phi) is 4.29. The fraction of sp³-hybridized carbons (Fsp3) is 0.308. The SMILES string of the molecule is COCCn1ccnc1Nc1ccccc1C(F)(F)F. The maximum atomic E-state index is 12.9. The molecule has 1 aromatic heterocycles. The normalized spacial score (nSPS) is 11.6. The molecular formula is C13H14F3N3O. The Morgan fingerprint density at radius 3 is 2.75 bits per heavy atom. The number of hydrogen-bond acceptors (Lipinski definition) is 3. The molecule has 20 heavy (non-hydrogen) atoms. The Bertz CT molecular complexity index is 566. The first-order valence-electron chi connectivity index (χ1n) is 5.95. The highest BCUT2D eigenvalue weighted by Gasteiger charge is 2.33. The molecule has 0 saturated carbocycles. The van der Waals surface area contributed by atoms with Crippen LogP contribution in [0, 0.1) is 0 Å². The lowest BCUT2D eigenvalue weighted by molar-refractivity contribution is -0.136. The molecule has 0 aliphatic carbocycles. The van der Waals surface area contributed by atoms with Crippen LogP contribution in [-0.2, 0) is 17.5 Å². The summed E-state index contributed by atoms with van der Waals surface area (Å²) >= 11 is 0. The molecule has 0 saturated heterocycles. The molecule has 0 unspecified atom stereocenters. The predicted octanol–water partition coefficient (Wildman–Crippen LogP) is 3.29. The Morgan fingerprint density at radius 1 is 1.30 bits per heavy atom. The zero-order valence-electron chi connectivity index (χ0n) is 10.8. The number of aromatic nitrogens is 2. The number of para-hydroxylation sites is 1. The number of alkyl halides is 3. The first kappa shape index (κ1) is 14.4. The van der Waals surface area contributed by atoms with E-state index in [2.05, 4.69) is 10.3 Å². The number of nitrogens with zero attached hydrogens (tertiary/aromatic N) is 2. The highest BCUT2D eigenvalue weighted by atomic mass is 19.4. The minimum absolute atomic E-state index is 0.0233. The lowest BCUT2D eigenvalue weighted by atomic mass is 10.1. The van der Waals surface area contributed by atoms with Crippen molar-refractivity contribution in [2.75, 3.05) is 19.0 Å². The van der Waals surface area contributed by atoms with Crippen LogP contribution in [0.3, 0.4) is 0 Å². The van der Waals surface area contributed by atoms with Crippen LogP contribution in [0.4, 0.5) is 24.8 Å². The van der Waals surface area contributed by atoms with E-state index < -0.39 is 11.7 Å². The zero-order chi connectivity index (χ0) is 14.6. The second-order valence-corrected chi connectivity index (χ2v) is 4.11. The standard InChI is InChI=1S/C13H14F3N3O/c1-20-9-8-19-7-6-17-12(19)18-11-5-3-2-4-10(11)13(14,15)16/h2-7H,8-9H2,1H3,(H,17,18). The number of methoxy groups -OCH3 is 1. The molecule has 2 rings (SSSR count). The number of hydrogen-bond donors (Lipinski definition) is 1. The summed E-state index contributed by atoms with van der Waals surface area (Å²) in [6.45, 7) is 0.957. The highest BCUT2D eigenvalue weighted by Crippen LogP contribution is 2.35. The van der Waals surface area contributed by atoms with Crippen LogP contribution in [0.15, 0.2) is 36.7 Å². The van der Waals surface area contributed by atoms with E-state index in [1.807, 2.05) is 0 Å². The number of ether oxygens (including phenoxy) is 1. The summed E-state index contributed by atoms with van der Waals surface area (Å²) in [5, 5.41) is 2.71. The molecule has 1 aromatic carbocycles. The minimum atomic E-state index is -4.41. The van der Waals surface area contributed by atoms with Crippen molar-refractivity contribution >= 4 is 11.6 Å². The summed E-state index contributed by atoms with van der Waals surface area (Å²) in [5.74, 6) is 0.346. The predicted molar refractivity (Wildman–Crippen MR) is 68.8 cm³/mol. The van der Waals surface area contributed by atoms with Gasteiger partial charge in [-0.25, -0.2) is 4.98 Å². The van der Waals surface area contributed by atoms with E-state index in [4.69, 9.17) is 4.74 Å². The van der Waals surface area contributed by atoms with Crippen LogP contribution in [-0.4, -0.2) is 23.3 Å². The molecule has 4 nitrogen and oxygen atoms in total. The third kappa shape index (κ3) is 3.30. The summed E-state index contributed by atoms with van der Waals surface area (Å²) in [6.07, 6.45) is -1.21. The molecule has 0 aliphatic rings. The quantitative estimate of drug-likeness (QED) is 0.916. The van der Waals surface area contributed by atoms with Gasteiger partial charge in [-0.15, -0.1) is 0 Å². The number of benzene rings is 1.